The number of hydrazone groups is 1. The number of amides is 1. The van der Waals surface area contributed by atoms with E-state index in [0.717, 1.165) is 12.4 Å². The highest BCUT2D eigenvalue weighted by Gasteiger charge is 2.17. The first-order valence-corrected chi connectivity index (χ1v) is 5.04. The van der Waals surface area contributed by atoms with E-state index in [2.05, 4.69) is 9.84 Å². The molecule has 1 amide bonds. The molecule has 19 heavy (non-hydrogen) atoms. The maximum absolute atomic E-state index is 12.0. The standard InChI is InChI=1S/C11H10N4O4/c1-19-11(16)13-12-6-8-7-14(17)9-4-2-3-5-10(9)15(8)18/h2-7H,1H3,(H,13,16)/b12-6-/i1D3. The smallest absolute Gasteiger partial charge is 0.427 e. The summed E-state index contributed by atoms with van der Waals surface area (Å²) in [7, 11) is -2.90. The van der Waals surface area contributed by atoms with Crippen molar-refractivity contribution in [2.24, 2.45) is 5.10 Å². The number of para-hydroxylation sites is 2. The van der Waals surface area contributed by atoms with E-state index in [1.165, 1.54) is 12.1 Å². The second kappa shape index (κ2) is 5.17. The Hall–Kier alpha value is -2.90. The first-order valence-electron chi connectivity index (χ1n) is 6.54. The quantitative estimate of drug-likeness (QED) is 0.351. The molecule has 1 N–H and O–H groups in total. The number of nitrogens with one attached hydrogen (secondary N) is 1. The third kappa shape index (κ3) is 2.51. The first kappa shape index (κ1) is 9.09. The van der Waals surface area contributed by atoms with Crippen LogP contribution in [-0.2, 0) is 4.74 Å². The molecule has 0 spiro atoms. The number of hydrogen-bond acceptors (Lipinski definition) is 5. The van der Waals surface area contributed by atoms with E-state index in [0.29, 0.717) is 9.46 Å². The topological polar surface area (TPSA) is 105 Å². The minimum absolute atomic E-state index is 0.117. The molecule has 1 aromatic heterocycles. The SMILES string of the molecule is [2H]C([2H])([2H])OC(=O)N/N=C\c1c[n+]([O-])c2ccccc2[n+]1[O-]. The third-order valence-electron chi connectivity index (χ3n) is 2.27. The Balaban J connectivity index is 2.20. The van der Waals surface area contributed by atoms with Gasteiger partial charge in [-0.3, -0.25) is 0 Å². The molecular weight excluding hydrogens is 252 g/mol. The van der Waals surface area contributed by atoms with Crippen LogP contribution in [0.1, 0.15) is 9.81 Å². The summed E-state index contributed by atoms with van der Waals surface area (Å²) in [6.45, 7) is 0. The lowest BCUT2D eigenvalue weighted by Crippen LogP contribution is -2.41. The minimum Gasteiger partial charge on any atom is -0.618 e. The summed E-state index contributed by atoms with van der Waals surface area (Å²) in [5.41, 5.74) is 1.90. The van der Waals surface area contributed by atoms with Gasteiger partial charge in [-0.2, -0.15) is 14.6 Å². The van der Waals surface area contributed by atoms with Crippen molar-refractivity contribution in [3.8, 4) is 0 Å². The van der Waals surface area contributed by atoms with Crippen LogP contribution < -0.4 is 14.9 Å². The normalized spacial score (nSPS) is 13.8. The Bertz CT molecular complexity index is 748. The van der Waals surface area contributed by atoms with Crippen LogP contribution >= 0.6 is 0 Å². The molecule has 1 heterocycles. The van der Waals surface area contributed by atoms with Crippen LogP contribution in [0.5, 0.6) is 0 Å². The van der Waals surface area contributed by atoms with Gasteiger partial charge in [0.05, 0.1) is 11.2 Å². The predicted molar refractivity (Wildman–Crippen MR) is 65.0 cm³/mol. The van der Waals surface area contributed by atoms with Crippen LogP contribution in [0.25, 0.3) is 11.0 Å². The highest BCUT2D eigenvalue weighted by Crippen LogP contribution is 2.03. The highest BCUT2D eigenvalue weighted by atomic mass is 16.5. The van der Waals surface area contributed by atoms with Crippen molar-refractivity contribution in [1.82, 2.24) is 5.43 Å². The van der Waals surface area contributed by atoms with Crippen LogP contribution in [0.2, 0.25) is 0 Å². The van der Waals surface area contributed by atoms with Gasteiger partial charge in [0.15, 0.2) is 0 Å². The van der Waals surface area contributed by atoms with E-state index >= 15 is 0 Å². The lowest BCUT2D eigenvalue weighted by atomic mass is 10.3. The molecule has 98 valence electrons. The summed E-state index contributed by atoms with van der Waals surface area (Å²) in [5.74, 6) is 0. The van der Waals surface area contributed by atoms with Crippen molar-refractivity contribution in [2.75, 3.05) is 7.04 Å². The van der Waals surface area contributed by atoms with Gasteiger partial charge in [0.2, 0.25) is 0 Å². The van der Waals surface area contributed by atoms with Gasteiger partial charge in [0.1, 0.15) is 6.21 Å². The fraction of sp³-hybridized carbons (Fsp3) is 0.0909. The van der Waals surface area contributed by atoms with Crippen molar-refractivity contribution in [3.63, 3.8) is 0 Å². The molecule has 0 radical (unpaired) electrons. The second-order valence-corrected chi connectivity index (χ2v) is 3.42. The lowest BCUT2D eigenvalue weighted by Gasteiger charge is -2.05. The van der Waals surface area contributed by atoms with Crippen molar-refractivity contribution < 1.29 is 23.1 Å². The largest absolute Gasteiger partial charge is 0.618 e. The van der Waals surface area contributed by atoms with Gasteiger partial charge in [-0.25, -0.2) is 10.2 Å². The molecule has 0 aliphatic heterocycles. The molecule has 2 rings (SSSR count). The van der Waals surface area contributed by atoms with E-state index in [1.54, 1.807) is 17.6 Å². The molecule has 2 aromatic rings. The van der Waals surface area contributed by atoms with Crippen molar-refractivity contribution in [1.29, 1.82) is 0 Å². The van der Waals surface area contributed by atoms with Gasteiger partial charge < -0.3 is 15.2 Å². The van der Waals surface area contributed by atoms with Crippen molar-refractivity contribution >= 4 is 23.3 Å². The maximum atomic E-state index is 12.0. The number of hydrogen-bond donors (Lipinski definition) is 1. The number of nitrogens with zero attached hydrogens (tertiary/aromatic N) is 3. The zero-order chi connectivity index (χ0) is 16.3. The Kier molecular flexibility index (Phi) is 2.47. The summed E-state index contributed by atoms with van der Waals surface area (Å²) in [5, 5.41) is 27.1. The Labute approximate surface area is 111 Å². The number of methoxy groups -OCH3 is 1. The molecule has 0 saturated carbocycles. The molecular formula is C11H10N4O4. The second-order valence-electron chi connectivity index (χ2n) is 3.42. The van der Waals surface area contributed by atoms with Gasteiger partial charge in [0, 0.05) is 12.1 Å². The molecule has 0 aliphatic rings. The van der Waals surface area contributed by atoms with Crippen molar-refractivity contribution in [3.05, 3.63) is 46.6 Å². The molecule has 8 nitrogen and oxygen atoms in total. The van der Waals surface area contributed by atoms with Crippen LogP contribution in [-0.4, -0.2) is 19.3 Å². The summed E-state index contributed by atoms with van der Waals surface area (Å²) < 4.78 is 25.1. The molecule has 0 bridgehead atoms. The zero-order valence-corrected chi connectivity index (χ0v) is 9.44. The highest BCUT2D eigenvalue weighted by molar-refractivity contribution is 5.78. The minimum atomic E-state index is -2.90. The molecule has 0 saturated heterocycles. The third-order valence-corrected chi connectivity index (χ3v) is 2.27. The summed E-state index contributed by atoms with van der Waals surface area (Å²) in [4.78, 5) is 11.1. The average Bonchev–Trinajstić information content (AvgIpc) is 2.42. The molecule has 0 atom stereocenters. The Morgan fingerprint density at radius 1 is 1.47 bits per heavy atom. The fourth-order valence-electron chi connectivity index (χ4n) is 1.46. The van der Waals surface area contributed by atoms with Crippen LogP contribution in [0, 0.1) is 10.4 Å². The first-order chi connectivity index (χ1) is 10.3. The van der Waals surface area contributed by atoms with E-state index in [1.807, 2.05) is 0 Å². The number of ether oxygens (including phenoxy) is 1. The molecule has 8 heteroatoms. The van der Waals surface area contributed by atoms with Gasteiger partial charge in [0.25, 0.3) is 17.2 Å². The number of benzene rings is 1. The monoisotopic (exact) mass is 265 g/mol. The maximum Gasteiger partial charge on any atom is 0.427 e. The predicted octanol–water partition coefficient (Wildman–Crippen LogP) is -0.203. The van der Waals surface area contributed by atoms with Gasteiger partial charge in [-0.1, -0.05) is 12.1 Å². The van der Waals surface area contributed by atoms with Crippen LogP contribution in [0.15, 0.2) is 35.6 Å². The van der Waals surface area contributed by atoms with E-state index in [-0.39, 0.29) is 16.7 Å². The molecule has 0 unspecified atom stereocenters. The van der Waals surface area contributed by atoms with Gasteiger partial charge >= 0.3 is 11.8 Å². The number of carbonyl (C=O) groups is 1. The molecule has 1 aromatic carbocycles. The van der Waals surface area contributed by atoms with Crippen LogP contribution in [0.3, 0.4) is 0 Å². The number of aromatic nitrogens is 2. The summed E-state index contributed by atoms with van der Waals surface area (Å²) in [6.07, 6.45) is 0.550. The van der Waals surface area contributed by atoms with Gasteiger partial charge in [-0.05, 0) is 0 Å². The molecule has 0 fully saturated rings. The zero-order valence-electron chi connectivity index (χ0n) is 12.4. The average molecular weight is 265 g/mol. The van der Waals surface area contributed by atoms with E-state index in [9.17, 15) is 15.2 Å². The van der Waals surface area contributed by atoms with Crippen molar-refractivity contribution in [2.45, 2.75) is 0 Å². The Morgan fingerprint density at radius 3 is 2.95 bits per heavy atom. The summed E-state index contributed by atoms with van der Waals surface area (Å²) >= 11 is 0. The van der Waals surface area contributed by atoms with E-state index in [4.69, 9.17) is 4.11 Å². The molecule has 0 aliphatic carbocycles. The Morgan fingerprint density at radius 2 is 2.21 bits per heavy atom. The van der Waals surface area contributed by atoms with Gasteiger partial charge in [-0.15, -0.1) is 0 Å². The number of fused-ring (bicyclic) bond motifs is 1. The summed E-state index contributed by atoms with van der Waals surface area (Å²) in [6, 6.07) is 6.12. The number of rotatable bonds is 2. The fourth-order valence-corrected chi connectivity index (χ4v) is 1.46. The van der Waals surface area contributed by atoms with E-state index < -0.39 is 13.1 Å². The lowest BCUT2D eigenvalue weighted by molar-refractivity contribution is -0.629. The van der Waals surface area contributed by atoms with Crippen LogP contribution in [0.4, 0.5) is 4.79 Å². The number of carbonyl (C=O) groups excluding carboxylic acids is 1.